The maximum atomic E-state index is 9.57. The van der Waals surface area contributed by atoms with Crippen LogP contribution >= 0.6 is 15.9 Å². The fraction of sp³-hybridized carbons (Fsp3) is 0.286. The Morgan fingerprint density at radius 2 is 2.15 bits per heavy atom. The zero-order valence-electron chi connectivity index (χ0n) is 11.4. The summed E-state index contributed by atoms with van der Waals surface area (Å²) < 4.78 is 5.96. The summed E-state index contributed by atoms with van der Waals surface area (Å²) in [4.78, 5) is 8.96. The first-order valence-corrected chi connectivity index (χ1v) is 7.03. The number of anilines is 1. The van der Waals surface area contributed by atoms with Gasteiger partial charge >= 0.3 is 0 Å². The van der Waals surface area contributed by atoms with Crippen LogP contribution < -0.4 is 5.32 Å². The summed E-state index contributed by atoms with van der Waals surface area (Å²) in [6, 6.07) is 6.87. The van der Waals surface area contributed by atoms with Crippen molar-refractivity contribution in [2.45, 2.75) is 13.5 Å². The van der Waals surface area contributed by atoms with Crippen LogP contribution in [-0.4, -0.2) is 28.7 Å². The molecule has 0 unspecified atom stereocenters. The fourth-order valence-corrected chi connectivity index (χ4v) is 2.22. The summed E-state index contributed by atoms with van der Waals surface area (Å²) in [6.07, 6.45) is 0. The standard InChI is InChI=1S/C14H16BrN3O2/c1-3-16-14-12(15)11(8-20-2)17-13(18-14)9-5-4-6-10(19)7-9/h4-7,19H,3,8H2,1-2H3,(H,16,17,18). The molecular formula is C14H16BrN3O2. The largest absolute Gasteiger partial charge is 0.508 e. The van der Waals surface area contributed by atoms with Crippen LogP contribution in [-0.2, 0) is 11.3 Å². The van der Waals surface area contributed by atoms with Gasteiger partial charge in [0.15, 0.2) is 5.82 Å². The highest BCUT2D eigenvalue weighted by Crippen LogP contribution is 2.28. The van der Waals surface area contributed by atoms with E-state index in [2.05, 4.69) is 31.2 Å². The topological polar surface area (TPSA) is 67.3 Å². The average Bonchev–Trinajstić information content (AvgIpc) is 2.43. The van der Waals surface area contributed by atoms with Gasteiger partial charge in [-0.15, -0.1) is 0 Å². The number of halogens is 1. The van der Waals surface area contributed by atoms with E-state index in [1.807, 2.05) is 13.0 Å². The number of nitrogens with zero attached hydrogens (tertiary/aromatic N) is 2. The average molecular weight is 338 g/mol. The number of ether oxygens (including phenoxy) is 1. The van der Waals surface area contributed by atoms with Crippen LogP contribution in [0, 0.1) is 0 Å². The molecular weight excluding hydrogens is 322 g/mol. The molecule has 0 fully saturated rings. The molecule has 1 aromatic carbocycles. The molecule has 0 radical (unpaired) electrons. The van der Waals surface area contributed by atoms with E-state index >= 15 is 0 Å². The molecule has 0 aliphatic rings. The van der Waals surface area contributed by atoms with Gasteiger partial charge in [-0.05, 0) is 35.0 Å². The number of phenols is 1. The van der Waals surface area contributed by atoms with Crippen LogP contribution in [0.3, 0.4) is 0 Å². The van der Waals surface area contributed by atoms with Crippen molar-refractivity contribution in [3.63, 3.8) is 0 Å². The normalized spacial score (nSPS) is 10.6. The van der Waals surface area contributed by atoms with E-state index in [4.69, 9.17) is 4.74 Å². The van der Waals surface area contributed by atoms with Gasteiger partial charge in [0.2, 0.25) is 0 Å². The van der Waals surface area contributed by atoms with Crippen molar-refractivity contribution in [1.29, 1.82) is 0 Å². The van der Waals surface area contributed by atoms with Gasteiger partial charge in [-0.1, -0.05) is 12.1 Å². The van der Waals surface area contributed by atoms with Gasteiger partial charge in [0.05, 0.1) is 16.8 Å². The molecule has 2 N–H and O–H groups in total. The fourth-order valence-electron chi connectivity index (χ4n) is 1.78. The highest BCUT2D eigenvalue weighted by atomic mass is 79.9. The zero-order valence-corrected chi connectivity index (χ0v) is 12.9. The highest BCUT2D eigenvalue weighted by molar-refractivity contribution is 9.10. The molecule has 2 rings (SSSR count). The molecule has 5 nitrogen and oxygen atoms in total. The minimum Gasteiger partial charge on any atom is -0.508 e. The lowest BCUT2D eigenvalue weighted by Crippen LogP contribution is -2.06. The highest BCUT2D eigenvalue weighted by Gasteiger charge is 2.13. The second-order valence-corrected chi connectivity index (χ2v) is 4.96. The van der Waals surface area contributed by atoms with E-state index in [-0.39, 0.29) is 5.75 Å². The number of aromatic hydroxyl groups is 1. The summed E-state index contributed by atoms with van der Waals surface area (Å²) in [6.45, 7) is 3.13. The zero-order chi connectivity index (χ0) is 14.5. The summed E-state index contributed by atoms with van der Waals surface area (Å²) in [7, 11) is 1.62. The first-order chi connectivity index (χ1) is 9.65. The number of benzene rings is 1. The van der Waals surface area contributed by atoms with Crippen LogP contribution in [0.4, 0.5) is 5.82 Å². The Bertz CT molecular complexity index is 578. The van der Waals surface area contributed by atoms with Crippen molar-refractivity contribution in [1.82, 2.24) is 9.97 Å². The third kappa shape index (κ3) is 3.26. The molecule has 6 heteroatoms. The Morgan fingerprint density at radius 3 is 2.80 bits per heavy atom. The minimum atomic E-state index is 0.187. The molecule has 2 aromatic rings. The van der Waals surface area contributed by atoms with Crippen molar-refractivity contribution in [3.05, 3.63) is 34.4 Å². The molecule has 106 valence electrons. The Morgan fingerprint density at radius 1 is 1.35 bits per heavy atom. The van der Waals surface area contributed by atoms with E-state index in [1.165, 1.54) is 0 Å². The predicted molar refractivity (Wildman–Crippen MR) is 81.7 cm³/mol. The molecule has 20 heavy (non-hydrogen) atoms. The third-order valence-electron chi connectivity index (χ3n) is 2.65. The Hall–Kier alpha value is -1.66. The van der Waals surface area contributed by atoms with E-state index in [0.29, 0.717) is 18.2 Å². The SMILES string of the molecule is CCNc1nc(-c2cccc(O)c2)nc(COC)c1Br. The summed E-state index contributed by atoms with van der Waals surface area (Å²) in [5.74, 6) is 1.45. The van der Waals surface area contributed by atoms with Crippen molar-refractivity contribution in [2.24, 2.45) is 0 Å². The summed E-state index contributed by atoms with van der Waals surface area (Å²) in [5.41, 5.74) is 1.52. The van der Waals surface area contributed by atoms with Crippen molar-refractivity contribution < 1.29 is 9.84 Å². The Balaban J connectivity index is 2.52. The molecule has 0 spiro atoms. The maximum Gasteiger partial charge on any atom is 0.162 e. The number of rotatable bonds is 5. The molecule has 0 atom stereocenters. The molecule has 0 aliphatic carbocycles. The van der Waals surface area contributed by atoms with Gasteiger partial charge in [-0.2, -0.15) is 0 Å². The lowest BCUT2D eigenvalue weighted by atomic mass is 10.2. The third-order valence-corrected chi connectivity index (χ3v) is 3.48. The summed E-state index contributed by atoms with van der Waals surface area (Å²) >= 11 is 3.49. The van der Waals surface area contributed by atoms with Crippen LogP contribution in [0.25, 0.3) is 11.4 Å². The smallest absolute Gasteiger partial charge is 0.162 e. The number of hydrogen-bond acceptors (Lipinski definition) is 5. The number of methoxy groups -OCH3 is 1. The Kier molecular flexibility index (Phi) is 4.92. The van der Waals surface area contributed by atoms with Crippen LogP contribution in [0.15, 0.2) is 28.7 Å². The number of nitrogens with one attached hydrogen (secondary N) is 1. The van der Waals surface area contributed by atoms with E-state index in [9.17, 15) is 5.11 Å². The van der Waals surface area contributed by atoms with E-state index in [0.717, 1.165) is 22.3 Å². The van der Waals surface area contributed by atoms with Crippen LogP contribution in [0.2, 0.25) is 0 Å². The molecule has 0 saturated heterocycles. The maximum absolute atomic E-state index is 9.57. The quantitative estimate of drug-likeness (QED) is 0.876. The van der Waals surface area contributed by atoms with Gasteiger partial charge in [0, 0.05) is 19.2 Å². The second kappa shape index (κ2) is 6.67. The van der Waals surface area contributed by atoms with E-state index < -0.39 is 0 Å². The van der Waals surface area contributed by atoms with Crippen LogP contribution in [0.5, 0.6) is 5.75 Å². The predicted octanol–water partition coefficient (Wildman–Crippen LogP) is 3.19. The van der Waals surface area contributed by atoms with Crippen molar-refractivity contribution >= 4 is 21.7 Å². The number of aromatic nitrogens is 2. The molecule has 0 amide bonds. The van der Waals surface area contributed by atoms with Crippen molar-refractivity contribution in [3.8, 4) is 17.1 Å². The van der Waals surface area contributed by atoms with Gasteiger partial charge in [-0.25, -0.2) is 9.97 Å². The Labute approximate surface area is 126 Å². The molecule has 0 aliphatic heterocycles. The molecule has 0 saturated carbocycles. The number of hydrogen-bond donors (Lipinski definition) is 2. The second-order valence-electron chi connectivity index (χ2n) is 4.17. The molecule has 0 bridgehead atoms. The van der Waals surface area contributed by atoms with Crippen LogP contribution in [0.1, 0.15) is 12.6 Å². The lowest BCUT2D eigenvalue weighted by molar-refractivity contribution is 0.181. The van der Waals surface area contributed by atoms with Crippen molar-refractivity contribution in [2.75, 3.05) is 19.0 Å². The van der Waals surface area contributed by atoms with Gasteiger partial charge in [0.1, 0.15) is 11.6 Å². The summed E-state index contributed by atoms with van der Waals surface area (Å²) in [5, 5.41) is 12.8. The minimum absolute atomic E-state index is 0.187. The molecule has 1 heterocycles. The molecule has 1 aromatic heterocycles. The van der Waals surface area contributed by atoms with Gasteiger partial charge in [-0.3, -0.25) is 0 Å². The van der Waals surface area contributed by atoms with Gasteiger partial charge < -0.3 is 15.2 Å². The lowest BCUT2D eigenvalue weighted by Gasteiger charge is -2.12. The first kappa shape index (κ1) is 14.7. The van der Waals surface area contributed by atoms with Gasteiger partial charge in [0.25, 0.3) is 0 Å². The monoisotopic (exact) mass is 337 g/mol. The number of phenolic OH excluding ortho intramolecular Hbond substituents is 1. The first-order valence-electron chi connectivity index (χ1n) is 6.24. The van der Waals surface area contributed by atoms with E-state index in [1.54, 1.807) is 25.3 Å².